The molecule has 62 valence electrons. The van der Waals surface area contributed by atoms with Gasteiger partial charge in [0.05, 0.1) is 6.61 Å². The predicted octanol–water partition coefficient (Wildman–Crippen LogP) is 1.34. The summed E-state index contributed by atoms with van der Waals surface area (Å²) in [5.41, 5.74) is 1.47. The van der Waals surface area contributed by atoms with E-state index in [0.717, 1.165) is 12.0 Å². The Hall–Kier alpha value is -1.33. The van der Waals surface area contributed by atoms with Gasteiger partial charge in [-0.3, -0.25) is 0 Å². The lowest BCUT2D eigenvalue weighted by Crippen LogP contribution is -1.91. The highest BCUT2D eigenvalue weighted by atomic mass is 16.3. The van der Waals surface area contributed by atoms with E-state index in [4.69, 9.17) is 5.11 Å². The van der Waals surface area contributed by atoms with Gasteiger partial charge < -0.3 is 5.11 Å². The number of hydrogen-bond acceptors (Lipinski definition) is 2. The predicted molar refractivity (Wildman–Crippen MR) is 47.3 cm³/mol. The molecule has 2 nitrogen and oxygen atoms in total. The van der Waals surface area contributed by atoms with E-state index < -0.39 is 0 Å². The van der Waals surface area contributed by atoms with Crippen LogP contribution in [-0.4, -0.2) is 10.1 Å². The van der Waals surface area contributed by atoms with Crippen molar-refractivity contribution in [3.63, 3.8) is 0 Å². The molecule has 0 aromatic carbocycles. The summed E-state index contributed by atoms with van der Waals surface area (Å²) in [6.45, 7) is 1.98. The summed E-state index contributed by atoms with van der Waals surface area (Å²) < 4.78 is 0. The average Bonchev–Trinajstić information content (AvgIpc) is 2.15. The molecule has 1 heterocycles. The quantitative estimate of drug-likeness (QED) is 0.630. The topological polar surface area (TPSA) is 33.1 Å². The summed E-state index contributed by atoms with van der Waals surface area (Å²) >= 11 is 0. The number of hydrogen-bond donors (Lipinski definition) is 1. The monoisotopic (exact) mass is 161 g/mol. The van der Waals surface area contributed by atoms with Crippen LogP contribution in [-0.2, 0) is 6.61 Å². The third kappa shape index (κ3) is 2.08. The van der Waals surface area contributed by atoms with Gasteiger partial charge in [-0.25, -0.2) is 4.98 Å². The fourth-order valence-corrected chi connectivity index (χ4v) is 0.851. The Morgan fingerprint density at radius 2 is 2.42 bits per heavy atom. The molecule has 0 atom stereocenters. The second-order valence-corrected chi connectivity index (χ2v) is 2.32. The average molecular weight is 161 g/mol. The first-order valence-electron chi connectivity index (χ1n) is 3.92. The third-order valence-electron chi connectivity index (χ3n) is 1.45. The first-order chi connectivity index (χ1) is 5.88. The van der Waals surface area contributed by atoms with E-state index in [2.05, 4.69) is 16.8 Å². The van der Waals surface area contributed by atoms with Gasteiger partial charge in [0.2, 0.25) is 0 Å². The molecule has 0 aliphatic heterocycles. The maximum Gasteiger partial charge on any atom is 0.118 e. The van der Waals surface area contributed by atoms with Gasteiger partial charge in [0.15, 0.2) is 0 Å². The number of rotatable bonds is 1. The summed E-state index contributed by atoms with van der Waals surface area (Å²) in [6.07, 6.45) is 2.49. The first kappa shape index (κ1) is 8.76. The van der Waals surface area contributed by atoms with Gasteiger partial charge in [-0.15, -0.1) is 0 Å². The Bertz CT molecular complexity index is 309. The zero-order valence-electron chi connectivity index (χ0n) is 7.04. The minimum absolute atomic E-state index is 0.00156. The molecular formula is C10H11NO. The van der Waals surface area contributed by atoms with Crippen molar-refractivity contribution in [1.29, 1.82) is 0 Å². The number of nitrogens with zero attached hydrogens (tertiary/aromatic N) is 1. The van der Waals surface area contributed by atoms with E-state index in [0.29, 0.717) is 5.69 Å². The van der Waals surface area contributed by atoms with Crippen molar-refractivity contribution >= 4 is 0 Å². The van der Waals surface area contributed by atoms with Gasteiger partial charge in [-0.05, 0) is 12.0 Å². The Kier molecular flexibility index (Phi) is 3.31. The molecule has 0 spiro atoms. The van der Waals surface area contributed by atoms with Crippen LogP contribution < -0.4 is 0 Å². The van der Waals surface area contributed by atoms with Crippen LogP contribution in [0.3, 0.4) is 0 Å². The van der Waals surface area contributed by atoms with E-state index >= 15 is 0 Å². The van der Waals surface area contributed by atoms with E-state index in [-0.39, 0.29) is 6.61 Å². The summed E-state index contributed by atoms with van der Waals surface area (Å²) in [6, 6.07) is 3.62. The number of aliphatic hydroxyl groups is 1. The number of pyridine rings is 1. The Labute approximate surface area is 72.3 Å². The van der Waals surface area contributed by atoms with Gasteiger partial charge in [-0.1, -0.05) is 18.9 Å². The van der Waals surface area contributed by atoms with Crippen molar-refractivity contribution < 1.29 is 5.11 Å². The van der Waals surface area contributed by atoms with Crippen LogP contribution in [0.1, 0.15) is 24.6 Å². The summed E-state index contributed by atoms with van der Waals surface area (Å²) in [7, 11) is 0. The fourth-order valence-electron chi connectivity index (χ4n) is 0.851. The standard InChI is InChI=1S/C10H11NO/c1-2-3-6-10-9(8-12)5-4-7-11-10/h4-5,7,12H,2,8H2,1H3. The molecule has 1 rings (SSSR count). The molecule has 0 aliphatic carbocycles. The van der Waals surface area contributed by atoms with Gasteiger partial charge in [0.1, 0.15) is 5.69 Å². The first-order valence-corrected chi connectivity index (χ1v) is 3.92. The van der Waals surface area contributed by atoms with E-state index in [1.54, 1.807) is 12.3 Å². The summed E-state index contributed by atoms with van der Waals surface area (Å²) in [4.78, 5) is 4.05. The molecule has 0 amide bonds. The van der Waals surface area contributed by atoms with E-state index in [1.165, 1.54) is 0 Å². The number of aliphatic hydroxyl groups excluding tert-OH is 1. The second-order valence-electron chi connectivity index (χ2n) is 2.32. The van der Waals surface area contributed by atoms with Crippen LogP contribution in [0.5, 0.6) is 0 Å². The van der Waals surface area contributed by atoms with Crippen molar-refractivity contribution in [2.45, 2.75) is 20.0 Å². The second kappa shape index (κ2) is 4.53. The largest absolute Gasteiger partial charge is 0.392 e. The normalized spacial score (nSPS) is 8.83. The van der Waals surface area contributed by atoms with Crippen LogP contribution in [0.2, 0.25) is 0 Å². The van der Waals surface area contributed by atoms with Crippen LogP contribution in [0.4, 0.5) is 0 Å². The fraction of sp³-hybridized carbons (Fsp3) is 0.300. The van der Waals surface area contributed by atoms with Gasteiger partial charge >= 0.3 is 0 Å². The van der Waals surface area contributed by atoms with Gasteiger partial charge in [0.25, 0.3) is 0 Å². The lowest BCUT2D eigenvalue weighted by Gasteiger charge is -1.96. The van der Waals surface area contributed by atoms with Crippen molar-refractivity contribution in [3.05, 3.63) is 29.6 Å². The van der Waals surface area contributed by atoms with Gasteiger partial charge in [-0.2, -0.15) is 0 Å². The molecule has 0 saturated carbocycles. The molecule has 1 aromatic heterocycles. The highest BCUT2D eigenvalue weighted by molar-refractivity contribution is 5.34. The van der Waals surface area contributed by atoms with Crippen LogP contribution >= 0.6 is 0 Å². The van der Waals surface area contributed by atoms with Crippen LogP contribution in [0.25, 0.3) is 0 Å². The maximum absolute atomic E-state index is 8.91. The zero-order chi connectivity index (χ0) is 8.81. The maximum atomic E-state index is 8.91. The van der Waals surface area contributed by atoms with Crippen molar-refractivity contribution in [3.8, 4) is 11.8 Å². The Morgan fingerprint density at radius 1 is 1.58 bits per heavy atom. The third-order valence-corrected chi connectivity index (χ3v) is 1.45. The number of aromatic nitrogens is 1. The summed E-state index contributed by atoms with van der Waals surface area (Å²) in [5.74, 6) is 5.81. The van der Waals surface area contributed by atoms with Crippen molar-refractivity contribution in [2.24, 2.45) is 0 Å². The molecule has 2 heteroatoms. The van der Waals surface area contributed by atoms with Crippen molar-refractivity contribution in [2.75, 3.05) is 0 Å². The Morgan fingerprint density at radius 3 is 3.08 bits per heavy atom. The minimum Gasteiger partial charge on any atom is -0.392 e. The molecule has 0 aliphatic rings. The Balaban J connectivity index is 2.97. The minimum atomic E-state index is 0.00156. The molecule has 0 fully saturated rings. The molecule has 0 saturated heterocycles. The van der Waals surface area contributed by atoms with Crippen molar-refractivity contribution in [1.82, 2.24) is 4.98 Å². The zero-order valence-corrected chi connectivity index (χ0v) is 7.04. The van der Waals surface area contributed by atoms with E-state index in [1.807, 2.05) is 13.0 Å². The highest BCUT2D eigenvalue weighted by Crippen LogP contribution is 2.02. The molecule has 0 radical (unpaired) electrons. The molecule has 0 unspecified atom stereocenters. The molecule has 0 bridgehead atoms. The molecule has 1 aromatic rings. The summed E-state index contributed by atoms with van der Waals surface area (Å²) in [5, 5.41) is 8.91. The van der Waals surface area contributed by atoms with Crippen LogP contribution in [0, 0.1) is 11.8 Å². The molecule has 1 N–H and O–H groups in total. The lowest BCUT2D eigenvalue weighted by atomic mass is 10.2. The van der Waals surface area contributed by atoms with Gasteiger partial charge in [0, 0.05) is 18.2 Å². The smallest absolute Gasteiger partial charge is 0.118 e. The van der Waals surface area contributed by atoms with E-state index in [9.17, 15) is 0 Å². The molecular weight excluding hydrogens is 150 g/mol. The lowest BCUT2D eigenvalue weighted by molar-refractivity contribution is 0.281. The highest BCUT2D eigenvalue weighted by Gasteiger charge is 1.96. The SMILES string of the molecule is CCC#Cc1ncccc1CO. The van der Waals surface area contributed by atoms with Crippen LogP contribution in [0.15, 0.2) is 18.3 Å². The molecule has 12 heavy (non-hydrogen) atoms.